The number of nitrogens with zero attached hydrogens (tertiary/aromatic N) is 5. The van der Waals surface area contributed by atoms with Crippen LogP contribution >= 0.6 is 11.3 Å². The lowest BCUT2D eigenvalue weighted by Crippen LogP contribution is -2.00. The topological polar surface area (TPSA) is 67.4 Å². The third-order valence-corrected chi connectivity index (χ3v) is 4.15. The molecule has 0 amide bonds. The standard InChI is InChI=1S/C14H10FN5S/c1-8-9(2)21-14(17-8)20-13(12(7-16)18-19-20)10-5-3-4-6-11(10)15/h3-6H,1-2H3. The fraction of sp³-hybridized carbons (Fsp3) is 0.143. The molecule has 0 spiro atoms. The van der Waals surface area contributed by atoms with E-state index < -0.39 is 5.82 Å². The lowest BCUT2D eigenvalue weighted by molar-refractivity contribution is 0.629. The summed E-state index contributed by atoms with van der Waals surface area (Å²) >= 11 is 1.42. The lowest BCUT2D eigenvalue weighted by atomic mass is 10.1. The van der Waals surface area contributed by atoms with Crippen LogP contribution in [0.4, 0.5) is 4.39 Å². The molecule has 3 rings (SSSR count). The Morgan fingerprint density at radius 3 is 2.67 bits per heavy atom. The Kier molecular flexibility index (Phi) is 3.23. The number of hydrogen-bond donors (Lipinski definition) is 0. The van der Waals surface area contributed by atoms with Crippen LogP contribution in [0.25, 0.3) is 16.4 Å². The van der Waals surface area contributed by atoms with Crippen molar-refractivity contribution < 1.29 is 4.39 Å². The number of nitriles is 1. The summed E-state index contributed by atoms with van der Waals surface area (Å²) < 4.78 is 15.5. The number of halogens is 1. The van der Waals surface area contributed by atoms with E-state index in [1.165, 1.54) is 22.1 Å². The normalized spacial score (nSPS) is 10.6. The smallest absolute Gasteiger partial charge is 0.212 e. The molecule has 2 heterocycles. The maximum absolute atomic E-state index is 14.1. The fourth-order valence-electron chi connectivity index (χ4n) is 1.93. The number of hydrogen-bond acceptors (Lipinski definition) is 5. The summed E-state index contributed by atoms with van der Waals surface area (Å²) in [6, 6.07) is 8.18. The van der Waals surface area contributed by atoms with E-state index >= 15 is 0 Å². The Morgan fingerprint density at radius 1 is 1.29 bits per heavy atom. The molecule has 0 bridgehead atoms. The van der Waals surface area contributed by atoms with Crippen molar-refractivity contribution in [3.8, 4) is 22.5 Å². The Balaban J connectivity index is 2.27. The van der Waals surface area contributed by atoms with Crippen molar-refractivity contribution in [3.05, 3.63) is 46.3 Å². The predicted octanol–water partition coefficient (Wildman–Crippen LogP) is 3.02. The second-order valence-corrected chi connectivity index (χ2v) is 5.61. The second-order valence-electron chi connectivity index (χ2n) is 4.43. The van der Waals surface area contributed by atoms with Crippen LogP contribution in [0.15, 0.2) is 24.3 Å². The van der Waals surface area contributed by atoms with Crippen LogP contribution in [0.5, 0.6) is 0 Å². The van der Waals surface area contributed by atoms with E-state index in [2.05, 4.69) is 15.3 Å². The average molecular weight is 299 g/mol. The minimum atomic E-state index is -0.428. The van der Waals surface area contributed by atoms with Crippen molar-refractivity contribution in [2.75, 3.05) is 0 Å². The molecule has 5 nitrogen and oxygen atoms in total. The molecule has 7 heteroatoms. The molecule has 21 heavy (non-hydrogen) atoms. The van der Waals surface area contributed by atoms with Crippen LogP contribution in [0.2, 0.25) is 0 Å². The van der Waals surface area contributed by atoms with Gasteiger partial charge < -0.3 is 0 Å². The van der Waals surface area contributed by atoms with Crippen LogP contribution in [0, 0.1) is 31.0 Å². The highest BCUT2D eigenvalue weighted by molar-refractivity contribution is 7.14. The Labute approximate surface area is 124 Å². The Bertz CT molecular complexity index is 839. The van der Waals surface area contributed by atoms with Crippen LogP contribution < -0.4 is 0 Å². The van der Waals surface area contributed by atoms with E-state index in [0.29, 0.717) is 10.8 Å². The minimum absolute atomic E-state index is 0.0746. The molecule has 0 radical (unpaired) electrons. The molecule has 2 aromatic heterocycles. The third-order valence-electron chi connectivity index (χ3n) is 3.10. The average Bonchev–Trinajstić information content (AvgIpc) is 3.03. The van der Waals surface area contributed by atoms with Gasteiger partial charge in [0.05, 0.1) is 5.69 Å². The van der Waals surface area contributed by atoms with Crippen LogP contribution in [0.3, 0.4) is 0 Å². The molecular weight excluding hydrogens is 289 g/mol. The van der Waals surface area contributed by atoms with Gasteiger partial charge in [0.15, 0.2) is 5.69 Å². The molecular formula is C14H10FN5S. The molecule has 0 aliphatic rings. The van der Waals surface area contributed by atoms with E-state index in [-0.39, 0.29) is 11.3 Å². The number of benzene rings is 1. The van der Waals surface area contributed by atoms with E-state index in [1.807, 2.05) is 19.9 Å². The number of rotatable bonds is 2. The maximum atomic E-state index is 14.1. The zero-order chi connectivity index (χ0) is 15.0. The van der Waals surface area contributed by atoms with Gasteiger partial charge in [-0.1, -0.05) is 28.7 Å². The molecule has 0 fully saturated rings. The quantitative estimate of drug-likeness (QED) is 0.729. The molecule has 104 valence electrons. The first-order chi connectivity index (χ1) is 10.1. The summed E-state index contributed by atoms with van der Waals surface area (Å²) in [5, 5.41) is 17.5. The van der Waals surface area contributed by atoms with Gasteiger partial charge in [0.1, 0.15) is 17.6 Å². The van der Waals surface area contributed by atoms with Gasteiger partial charge in [-0.25, -0.2) is 9.37 Å². The first kappa shape index (κ1) is 13.4. The first-order valence-electron chi connectivity index (χ1n) is 6.17. The zero-order valence-corrected chi connectivity index (χ0v) is 12.1. The van der Waals surface area contributed by atoms with Gasteiger partial charge in [0.25, 0.3) is 0 Å². The van der Waals surface area contributed by atoms with Gasteiger partial charge in [0, 0.05) is 10.4 Å². The molecule has 0 aliphatic carbocycles. The predicted molar refractivity (Wildman–Crippen MR) is 76.6 cm³/mol. The molecule has 0 unspecified atom stereocenters. The Hall–Kier alpha value is -2.59. The summed E-state index contributed by atoms with van der Waals surface area (Å²) in [4.78, 5) is 5.43. The molecule has 0 N–H and O–H groups in total. The highest BCUT2D eigenvalue weighted by atomic mass is 32.1. The highest BCUT2D eigenvalue weighted by Gasteiger charge is 2.21. The van der Waals surface area contributed by atoms with Crippen LogP contribution in [-0.4, -0.2) is 20.0 Å². The van der Waals surface area contributed by atoms with Gasteiger partial charge >= 0.3 is 0 Å². The van der Waals surface area contributed by atoms with E-state index in [9.17, 15) is 9.65 Å². The van der Waals surface area contributed by atoms with Crippen molar-refractivity contribution in [1.29, 1.82) is 5.26 Å². The molecule has 0 saturated heterocycles. The highest BCUT2D eigenvalue weighted by Crippen LogP contribution is 2.29. The monoisotopic (exact) mass is 299 g/mol. The summed E-state index contributed by atoms with van der Waals surface area (Å²) in [6.45, 7) is 3.83. The molecule has 0 aliphatic heterocycles. The van der Waals surface area contributed by atoms with Gasteiger partial charge in [-0.05, 0) is 26.0 Å². The van der Waals surface area contributed by atoms with Crippen molar-refractivity contribution in [3.63, 3.8) is 0 Å². The van der Waals surface area contributed by atoms with Crippen LogP contribution in [-0.2, 0) is 0 Å². The lowest BCUT2D eigenvalue weighted by Gasteiger charge is -2.04. The third kappa shape index (κ3) is 2.19. The number of aryl methyl sites for hydroxylation is 2. The second kappa shape index (κ2) is 5.07. The number of thiazole rings is 1. The summed E-state index contributed by atoms with van der Waals surface area (Å²) in [7, 11) is 0. The van der Waals surface area contributed by atoms with Gasteiger partial charge in [0.2, 0.25) is 5.13 Å². The van der Waals surface area contributed by atoms with Crippen molar-refractivity contribution in [2.45, 2.75) is 13.8 Å². The maximum Gasteiger partial charge on any atom is 0.212 e. The molecule has 1 aromatic carbocycles. The van der Waals surface area contributed by atoms with Gasteiger partial charge in [-0.15, -0.1) is 5.10 Å². The first-order valence-corrected chi connectivity index (χ1v) is 6.98. The van der Waals surface area contributed by atoms with E-state index in [1.54, 1.807) is 18.2 Å². The van der Waals surface area contributed by atoms with Crippen molar-refractivity contribution in [2.24, 2.45) is 0 Å². The van der Waals surface area contributed by atoms with Gasteiger partial charge in [-0.2, -0.15) is 9.94 Å². The van der Waals surface area contributed by atoms with E-state index in [4.69, 9.17) is 0 Å². The fourth-order valence-corrected chi connectivity index (χ4v) is 2.80. The minimum Gasteiger partial charge on any atom is -0.223 e. The van der Waals surface area contributed by atoms with E-state index in [0.717, 1.165) is 10.6 Å². The Morgan fingerprint density at radius 2 is 2.05 bits per heavy atom. The largest absolute Gasteiger partial charge is 0.223 e. The van der Waals surface area contributed by atoms with Gasteiger partial charge in [-0.3, -0.25) is 0 Å². The molecule has 3 aromatic rings. The van der Waals surface area contributed by atoms with Crippen molar-refractivity contribution >= 4 is 11.3 Å². The summed E-state index contributed by atoms with van der Waals surface area (Å²) in [5.41, 5.74) is 1.56. The zero-order valence-electron chi connectivity index (χ0n) is 11.3. The molecule has 0 atom stereocenters. The SMILES string of the molecule is Cc1nc(-n2nnc(C#N)c2-c2ccccc2F)sc1C. The number of aromatic nitrogens is 4. The van der Waals surface area contributed by atoms with Crippen molar-refractivity contribution in [1.82, 2.24) is 20.0 Å². The summed E-state index contributed by atoms with van der Waals surface area (Å²) in [5.74, 6) is -0.428. The summed E-state index contributed by atoms with van der Waals surface area (Å²) in [6.07, 6.45) is 0. The molecule has 0 saturated carbocycles. The van der Waals surface area contributed by atoms with Crippen LogP contribution in [0.1, 0.15) is 16.3 Å².